The minimum atomic E-state index is -0.677. The van der Waals surface area contributed by atoms with E-state index in [1.165, 1.54) is 0 Å². The van der Waals surface area contributed by atoms with Gasteiger partial charge in [-0.1, -0.05) is 0 Å². The van der Waals surface area contributed by atoms with Crippen LogP contribution in [0, 0.1) is 0 Å². The molecule has 2 amide bonds. The van der Waals surface area contributed by atoms with E-state index in [0.717, 1.165) is 25.2 Å². The molecule has 0 unspecified atom stereocenters. The summed E-state index contributed by atoms with van der Waals surface area (Å²) in [5.74, 6) is -1.35. The second-order valence-corrected chi connectivity index (χ2v) is 2.47. The Hall–Kier alpha value is -1.44. The lowest BCUT2D eigenvalue weighted by Crippen LogP contribution is -2.27. The van der Waals surface area contributed by atoms with Crippen molar-refractivity contribution in [1.82, 2.24) is 5.32 Å². The maximum Gasteiger partial charge on any atom is 0.241 e. The van der Waals surface area contributed by atoms with Gasteiger partial charge >= 0.3 is 0 Å². The molecule has 0 aromatic carbocycles. The zero-order valence-electron chi connectivity index (χ0n) is 8.61. The van der Waals surface area contributed by atoms with Gasteiger partial charge in [0, 0.05) is 38.3 Å². The molecule has 9 N–H and O–H groups in total. The maximum atomic E-state index is 9.83. The Morgan fingerprint density at radius 1 is 0.933 bits per heavy atom. The topological polar surface area (TPSA) is 150 Å². The number of carbonyl (C=O) groups is 2. The van der Waals surface area contributed by atoms with Crippen molar-refractivity contribution in [2.45, 2.75) is 0 Å². The second-order valence-electron chi connectivity index (χ2n) is 2.47. The average molecular weight is 217 g/mol. The normalized spacial score (nSPS) is 9.47. The first kappa shape index (κ1) is 16.0. The van der Waals surface area contributed by atoms with E-state index in [-0.39, 0.29) is 0 Å². The molecule has 7 heteroatoms. The number of nitrogens with one attached hydrogen (secondary N) is 1. The first-order valence-electron chi connectivity index (χ1n) is 4.42. The standard InChI is InChI=1S/C4H13N3.C4H6N2O2/c5-1-3-7-4-2-6;5-3(7)1-2-4(6)8/h7H,1-6H2;1-2H,(H2,5,7)(H2,6,8)/b;2-1+. The van der Waals surface area contributed by atoms with Gasteiger partial charge in [0.15, 0.2) is 0 Å². The lowest BCUT2D eigenvalue weighted by Gasteiger charge is -1.95. The highest BCUT2D eigenvalue weighted by molar-refractivity contribution is 5.95. The third-order valence-corrected chi connectivity index (χ3v) is 1.05. The summed E-state index contributed by atoms with van der Waals surface area (Å²) in [6.07, 6.45) is 1.81. The zero-order chi connectivity index (χ0) is 12.1. The Bertz CT molecular complexity index is 185. The molecule has 0 saturated heterocycles. The fraction of sp³-hybridized carbons (Fsp3) is 0.500. The van der Waals surface area contributed by atoms with Crippen molar-refractivity contribution in [2.24, 2.45) is 22.9 Å². The van der Waals surface area contributed by atoms with Crippen LogP contribution in [0.25, 0.3) is 0 Å². The highest BCUT2D eigenvalue weighted by Crippen LogP contribution is 1.65. The van der Waals surface area contributed by atoms with Crippen LogP contribution in [0.15, 0.2) is 12.2 Å². The van der Waals surface area contributed by atoms with Gasteiger partial charge in [-0.3, -0.25) is 9.59 Å². The lowest BCUT2D eigenvalue weighted by molar-refractivity contribution is -0.115. The van der Waals surface area contributed by atoms with Gasteiger partial charge in [-0.05, 0) is 0 Å². The Morgan fingerprint density at radius 2 is 1.27 bits per heavy atom. The van der Waals surface area contributed by atoms with Gasteiger partial charge in [0.25, 0.3) is 0 Å². The van der Waals surface area contributed by atoms with E-state index in [2.05, 4.69) is 16.8 Å². The number of hydrogen-bond donors (Lipinski definition) is 5. The molecular weight excluding hydrogens is 198 g/mol. The molecule has 0 aliphatic carbocycles. The van der Waals surface area contributed by atoms with Crippen molar-refractivity contribution in [3.8, 4) is 0 Å². The smallest absolute Gasteiger partial charge is 0.241 e. The van der Waals surface area contributed by atoms with Gasteiger partial charge in [-0.2, -0.15) is 0 Å². The number of carbonyl (C=O) groups excluding carboxylic acids is 2. The lowest BCUT2D eigenvalue weighted by atomic mass is 10.5. The van der Waals surface area contributed by atoms with E-state index < -0.39 is 11.8 Å². The van der Waals surface area contributed by atoms with Gasteiger partial charge in [0.2, 0.25) is 11.8 Å². The summed E-state index contributed by atoms with van der Waals surface area (Å²) in [6.45, 7) is 3.13. The third kappa shape index (κ3) is 24.5. The molecule has 0 radical (unpaired) electrons. The predicted molar refractivity (Wildman–Crippen MR) is 58.5 cm³/mol. The Morgan fingerprint density at radius 3 is 1.47 bits per heavy atom. The van der Waals surface area contributed by atoms with Crippen LogP contribution in [0.5, 0.6) is 0 Å². The summed E-state index contributed by atoms with van der Waals surface area (Å²) in [4.78, 5) is 19.7. The Balaban J connectivity index is 0. The molecule has 0 aromatic rings. The summed E-state index contributed by atoms with van der Waals surface area (Å²) in [7, 11) is 0. The molecule has 0 bridgehead atoms. The van der Waals surface area contributed by atoms with Crippen molar-refractivity contribution in [2.75, 3.05) is 26.2 Å². The van der Waals surface area contributed by atoms with Crippen LogP contribution < -0.4 is 28.3 Å². The van der Waals surface area contributed by atoms with Crippen LogP contribution in [0.2, 0.25) is 0 Å². The molecule has 0 spiro atoms. The van der Waals surface area contributed by atoms with Gasteiger partial charge < -0.3 is 28.3 Å². The van der Waals surface area contributed by atoms with Gasteiger partial charge in [0.05, 0.1) is 0 Å². The summed E-state index contributed by atoms with van der Waals surface area (Å²) < 4.78 is 0. The summed E-state index contributed by atoms with van der Waals surface area (Å²) in [6, 6.07) is 0. The minimum Gasteiger partial charge on any atom is -0.366 e. The van der Waals surface area contributed by atoms with Crippen LogP contribution in [0.1, 0.15) is 0 Å². The molecule has 0 fully saturated rings. The fourth-order valence-electron chi connectivity index (χ4n) is 0.493. The predicted octanol–water partition coefficient (Wildman–Crippen LogP) is -2.99. The van der Waals surface area contributed by atoms with Crippen LogP contribution >= 0.6 is 0 Å². The van der Waals surface area contributed by atoms with Crippen molar-refractivity contribution in [3.05, 3.63) is 12.2 Å². The van der Waals surface area contributed by atoms with E-state index in [0.29, 0.717) is 13.1 Å². The molecule has 0 aliphatic heterocycles. The van der Waals surface area contributed by atoms with Crippen LogP contribution in [-0.2, 0) is 9.59 Å². The van der Waals surface area contributed by atoms with E-state index >= 15 is 0 Å². The molecule has 0 aromatic heterocycles. The molecule has 7 nitrogen and oxygen atoms in total. The monoisotopic (exact) mass is 217 g/mol. The minimum absolute atomic E-state index is 0.677. The molecule has 0 atom stereocenters. The van der Waals surface area contributed by atoms with Crippen molar-refractivity contribution >= 4 is 11.8 Å². The summed E-state index contributed by atoms with van der Waals surface area (Å²) in [5.41, 5.74) is 19.5. The van der Waals surface area contributed by atoms with Gasteiger partial charge in [0.1, 0.15) is 0 Å². The molecular formula is C8H19N5O2. The second kappa shape index (κ2) is 12.6. The molecule has 0 heterocycles. The third-order valence-electron chi connectivity index (χ3n) is 1.05. The first-order chi connectivity index (χ1) is 7.04. The Kier molecular flexibility index (Phi) is 13.4. The summed E-state index contributed by atoms with van der Waals surface area (Å²) >= 11 is 0. The number of rotatable bonds is 6. The molecule has 15 heavy (non-hydrogen) atoms. The quantitative estimate of drug-likeness (QED) is 0.237. The molecule has 0 saturated carbocycles. The van der Waals surface area contributed by atoms with Crippen molar-refractivity contribution in [1.29, 1.82) is 0 Å². The molecule has 0 aliphatic rings. The summed E-state index contributed by atoms with van der Waals surface area (Å²) in [5, 5.41) is 3.03. The molecule has 0 rings (SSSR count). The van der Waals surface area contributed by atoms with E-state index in [9.17, 15) is 9.59 Å². The van der Waals surface area contributed by atoms with Crippen LogP contribution in [-0.4, -0.2) is 38.0 Å². The van der Waals surface area contributed by atoms with E-state index in [1.807, 2.05) is 0 Å². The zero-order valence-corrected chi connectivity index (χ0v) is 8.61. The highest BCUT2D eigenvalue weighted by Gasteiger charge is 1.84. The SMILES string of the molecule is NC(=O)/C=C/C(N)=O.NCCNCCN. The largest absolute Gasteiger partial charge is 0.366 e. The van der Waals surface area contributed by atoms with E-state index in [1.54, 1.807) is 0 Å². The number of hydrogen-bond acceptors (Lipinski definition) is 5. The number of nitrogens with two attached hydrogens (primary N) is 4. The number of primary amides is 2. The highest BCUT2D eigenvalue weighted by atomic mass is 16.1. The van der Waals surface area contributed by atoms with E-state index in [4.69, 9.17) is 11.5 Å². The Labute approximate surface area is 88.8 Å². The first-order valence-corrected chi connectivity index (χ1v) is 4.42. The maximum absolute atomic E-state index is 9.83. The molecule has 88 valence electrons. The van der Waals surface area contributed by atoms with Gasteiger partial charge in [-0.25, -0.2) is 0 Å². The van der Waals surface area contributed by atoms with Gasteiger partial charge in [-0.15, -0.1) is 0 Å². The average Bonchev–Trinajstić information content (AvgIpc) is 2.17. The van der Waals surface area contributed by atoms with Crippen molar-refractivity contribution < 1.29 is 9.59 Å². The number of amides is 2. The fourth-order valence-corrected chi connectivity index (χ4v) is 0.493. The van der Waals surface area contributed by atoms with Crippen LogP contribution in [0.4, 0.5) is 0 Å². The van der Waals surface area contributed by atoms with Crippen molar-refractivity contribution in [3.63, 3.8) is 0 Å². The van der Waals surface area contributed by atoms with Crippen LogP contribution in [0.3, 0.4) is 0 Å².